The Labute approximate surface area is 169 Å². The lowest BCUT2D eigenvalue weighted by atomic mass is 10.0. The summed E-state index contributed by atoms with van der Waals surface area (Å²) in [6.45, 7) is 9.35. The molecule has 1 aromatic heterocycles. The predicted octanol–water partition coefficient (Wildman–Crippen LogP) is 3.68. The van der Waals surface area contributed by atoms with Gasteiger partial charge in [0.2, 0.25) is 0 Å². The lowest BCUT2D eigenvalue weighted by molar-refractivity contribution is 0.198. The first-order valence-corrected chi connectivity index (χ1v) is 10.5. The van der Waals surface area contributed by atoms with Crippen LogP contribution in [0.15, 0.2) is 58.1 Å². The molecule has 2 heterocycles. The zero-order valence-electron chi connectivity index (χ0n) is 17.2. The largest absolute Gasteiger partial charge is 0.469 e. The minimum Gasteiger partial charge on any atom is -0.469 e. The number of guanidine groups is 1. The Kier molecular flexibility index (Phi) is 7.97. The van der Waals surface area contributed by atoms with Crippen LogP contribution < -0.4 is 10.6 Å². The van der Waals surface area contributed by atoms with Crippen LogP contribution >= 0.6 is 0 Å². The lowest BCUT2D eigenvalue weighted by Gasteiger charge is -2.33. The SMILES string of the molecule is CC(C)CN=C(NCCc1ccco1)NC1CCN(Cc2ccccc2)CC1. The second-order valence-electron chi connectivity index (χ2n) is 8.02. The minimum atomic E-state index is 0.481. The molecular formula is C23H34N4O. The third-order valence-corrected chi connectivity index (χ3v) is 5.04. The Morgan fingerprint density at radius 3 is 2.61 bits per heavy atom. The van der Waals surface area contributed by atoms with Crippen LogP contribution in [0.3, 0.4) is 0 Å². The summed E-state index contributed by atoms with van der Waals surface area (Å²) in [5.74, 6) is 2.49. The first-order chi connectivity index (χ1) is 13.7. The third kappa shape index (κ3) is 7.04. The summed E-state index contributed by atoms with van der Waals surface area (Å²) in [4.78, 5) is 7.32. The van der Waals surface area contributed by atoms with Crippen LogP contribution in [0.5, 0.6) is 0 Å². The normalized spacial score (nSPS) is 16.5. The average Bonchev–Trinajstić information content (AvgIpc) is 3.22. The average molecular weight is 383 g/mol. The number of hydrogen-bond acceptors (Lipinski definition) is 3. The Balaban J connectivity index is 1.45. The smallest absolute Gasteiger partial charge is 0.191 e. The van der Waals surface area contributed by atoms with Gasteiger partial charge < -0.3 is 15.1 Å². The summed E-state index contributed by atoms with van der Waals surface area (Å²) in [5.41, 5.74) is 1.40. The fourth-order valence-electron chi connectivity index (χ4n) is 3.46. The van der Waals surface area contributed by atoms with Crippen LogP contribution in [0.1, 0.15) is 38.0 Å². The third-order valence-electron chi connectivity index (χ3n) is 5.04. The van der Waals surface area contributed by atoms with Gasteiger partial charge in [-0.2, -0.15) is 0 Å². The van der Waals surface area contributed by atoms with Crippen LogP contribution in [0.25, 0.3) is 0 Å². The van der Waals surface area contributed by atoms with Gasteiger partial charge >= 0.3 is 0 Å². The van der Waals surface area contributed by atoms with Gasteiger partial charge in [0.25, 0.3) is 0 Å². The van der Waals surface area contributed by atoms with E-state index in [0.29, 0.717) is 12.0 Å². The standard InChI is InChI=1S/C23H34N4O/c1-19(2)17-25-23(24-13-10-22-9-6-16-28-22)26-21-11-14-27(15-12-21)18-20-7-4-3-5-8-20/h3-9,16,19,21H,10-15,17-18H2,1-2H3,(H2,24,25,26). The first kappa shape index (κ1) is 20.5. The lowest BCUT2D eigenvalue weighted by Crippen LogP contribution is -2.49. The van der Waals surface area contributed by atoms with Crippen LogP contribution in [-0.2, 0) is 13.0 Å². The van der Waals surface area contributed by atoms with Crippen molar-refractivity contribution in [3.8, 4) is 0 Å². The Hall–Kier alpha value is -2.27. The molecule has 1 fully saturated rings. The van der Waals surface area contributed by atoms with Gasteiger partial charge in [-0.05, 0) is 36.5 Å². The van der Waals surface area contributed by atoms with Crippen molar-refractivity contribution in [3.63, 3.8) is 0 Å². The Bertz CT molecular complexity index is 689. The van der Waals surface area contributed by atoms with E-state index in [1.54, 1.807) is 6.26 Å². The van der Waals surface area contributed by atoms with E-state index in [-0.39, 0.29) is 0 Å². The number of piperidine rings is 1. The zero-order chi connectivity index (χ0) is 19.6. The molecule has 0 atom stereocenters. The predicted molar refractivity (Wildman–Crippen MR) is 115 cm³/mol. The number of nitrogens with zero attached hydrogens (tertiary/aromatic N) is 2. The van der Waals surface area contributed by atoms with E-state index in [0.717, 1.165) is 63.7 Å². The maximum Gasteiger partial charge on any atom is 0.191 e. The molecule has 0 bridgehead atoms. The molecule has 1 aliphatic rings. The number of hydrogen-bond donors (Lipinski definition) is 2. The molecule has 2 N–H and O–H groups in total. The highest BCUT2D eigenvalue weighted by atomic mass is 16.3. The highest BCUT2D eigenvalue weighted by molar-refractivity contribution is 5.80. The summed E-state index contributed by atoms with van der Waals surface area (Å²) in [6, 6.07) is 15.2. The minimum absolute atomic E-state index is 0.481. The Morgan fingerprint density at radius 2 is 1.93 bits per heavy atom. The van der Waals surface area contributed by atoms with Crippen molar-refractivity contribution in [2.45, 2.75) is 45.7 Å². The van der Waals surface area contributed by atoms with E-state index >= 15 is 0 Å². The van der Waals surface area contributed by atoms with Crippen molar-refractivity contribution in [1.82, 2.24) is 15.5 Å². The number of nitrogens with one attached hydrogen (secondary N) is 2. The molecule has 0 unspecified atom stereocenters. The van der Waals surface area contributed by atoms with Crippen LogP contribution in [-0.4, -0.2) is 43.1 Å². The van der Waals surface area contributed by atoms with E-state index in [4.69, 9.17) is 9.41 Å². The van der Waals surface area contributed by atoms with E-state index in [2.05, 4.69) is 59.7 Å². The van der Waals surface area contributed by atoms with Gasteiger partial charge in [-0.15, -0.1) is 0 Å². The number of benzene rings is 1. The van der Waals surface area contributed by atoms with Crippen molar-refractivity contribution >= 4 is 5.96 Å². The number of furan rings is 1. The summed E-state index contributed by atoms with van der Waals surface area (Å²) < 4.78 is 5.42. The molecule has 152 valence electrons. The van der Waals surface area contributed by atoms with E-state index in [9.17, 15) is 0 Å². The fraction of sp³-hybridized carbons (Fsp3) is 0.522. The number of aliphatic imine (C=N–C) groups is 1. The van der Waals surface area contributed by atoms with Crippen molar-refractivity contribution in [2.24, 2.45) is 10.9 Å². The van der Waals surface area contributed by atoms with Gasteiger partial charge in [-0.3, -0.25) is 9.89 Å². The van der Waals surface area contributed by atoms with Gasteiger partial charge in [0.15, 0.2) is 5.96 Å². The summed E-state index contributed by atoms with van der Waals surface area (Å²) in [7, 11) is 0. The highest BCUT2D eigenvalue weighted by Crippen LogP contribution is 2.14. The van der Waals surface area contributed by atoms with Crippen molar-refractivity contribution < 1.29 is 4.42 Å². The second kappa shape index (κ2) is 10.9. The summed E-state index contributed by atoms with van der Waals surface area (Å²) in [5, 5.41) is 7.13. The highest BCUT2D eigenvalue weighted by Gasteiger charge is 2.20. The van der Waals surface area contributed by atoms with Gasteiger partial charge in [0, 0.05) is 45.2 Å². The summed E-state index contributed by atoms with van der Waals surface area (Å²) in [6.07, 6.45) is 4.89. The molecule has 2 aromatic rings. The molecule has 1 aliphatic heterocycles. The molecule has 0 aliphatic carbocycles. The quantitative estimate of drug-likeness (QED) is 0.540. The Morgan fingerprint density at radius 1 is 1.14 bits per heavy atom. The van der Waals surface area contributed by atoms with Crippen molar-refractivity contribution in [1.29, 1.82) is 0 Å². The van der Waals surface area contributed by atoms with Crippen molar-refractivity contribution in [2.75, 3.05) is 26.2 Å². The molecule has 0 radical (unpaired) electrons. The molecule has 5 heteroatoms. The molecule has 0 saturated carbocycles. The first-order valence-electron chi connectivity index (χ1n) is 10.5. The molecular weight excluding hydrogens is 348 g/mol. The fourth-order valence-corrected chi connectivity index (χ4v) is 3.46. The molecule has 1 saturated heterocycles. The van der Waals surface area contributed by atoms with Gasteiger partial charge in [-0.1, -0.05) is 44.2 Å². The molecule has 3 rings (SSSR count). The topological polar surface area (TPSA) is 52.8 Å². The zero-order valence-corrected chi connectivity index (χ0v) is 17.2. The summed E-state index contributed by atoms with van der Waals surface area (Å²) >= 11 is 0. The number of likely N-dealkylation sites (tertiary alicyclic amines) is 1. The van der Waals surface area contributed by atoms with E-state index < -0.39 is 0 Å². The molecule has 0 amide bonds. The van der Waals surface area contributed by atoms with Gasteiger partial charge in [0.05, 0.1) is 6.26 Å². The number of rotatable bonds is 8. The monoisotopic (exact) mass is 382 g/mol. The maximum atomic E-state index is 5.42. The van der Waals surface area contributed by atoms with E-state index in [1.807, 2.05) is 12.1 Å². The van der Waals surface area contributed by atoms with E-state index in [1.165, 1.54) is 5.56 Å². The van der Waals surface area contributed by atoms with Gasteiger partial charge in [-0.25, -0.2) is 0 Å². The molecule has 28 heavy (non-hydrogen) atoms. The van der Waals surface area contributed by atoms with Crippen LogP contribution in [0.2, 0.25) is 0 Å². The molecule has 0 spiro atoms. The van der Waals surface area contributed by atoms with Crippen molar-refractivity contribution in [3.05, 3.63) is 60.1 Å². The second-order valence-corrected chi connectivity index (χ2v) is 8.02. The van der Waals surface area contributed by atoms with Gasteiger partial charge in [0.1, 0.15) is 5.76 Å². The molecule has 1 aromatic carbocycles. The maximum absolute atomic E-state index is 5.42. The van der Waals surface area contributed by atoms with Crippen LogP contribution in [0.4, 0.5) is 0 Å². The molecule has 5 nitrogen and oxygen atoms in total. The van der Waals surface area contributed by atoms with Crippen LogP contribution in [0, 0.1) is 5.92 Å².